The van der Waals surface area contributed by atoms with Crippen LogP contribution in [-0.2, 0) is 0 Å². The molecule has 0 aliphatic carbocycles. The summed E-state index contributed by atoms with van der Waals surface area (Å²) in [5.74, 6) is 0. The molecule has 0 spiro atoms. The lowest BCUT2D eigenvalue weighted by molar-refractivity contribution is 1.08. The summed E-state index contributed by atoms with van der Waals surface area (Å²) in [7, 11) is 1.98. The molecule has 0 saturated heterocycles. The number of para-hydroxylation sites is 1. The number of benzene rings is 1. The van der Waals surface area contributed by atoms with Crippen LogP contribution in [0.15, 0.2) is 24.3 Å². The van der Waals surface area contributed by atoms with Crippen LogP contribution in [0.5, 0.6) is 0 Å². The monoisotopic (exact) mass is 169 g/mol. The van der Waals surface area contributed by atoms with Crippen molar-refractivity contribution in [1.29, 1.82) is 0 Å². The van der Waals surface area contributed by atoms with Gasteiger partial charge in [0.05, 0.1) is 6.00 Å². The van der Waals surface area contributed by atoms with Crippen molar-refractivity contribution in [2.75, 3.05) is 18.0 Å². The Morgan fingerprint density at radius 3 is 2.55 bits per heavy atom. The molecular formula is C9H12ClN. The van der Waals surface area contributed by atoms with E-state index in [2.05, 4.69) is 19.1 Å². The molecule has 1 nitrogen and oxygen atoms in total. The smallest absolute Gasteiger partial charge is 0.0925 e. The molecule has 0 aromatic heterocycles. The first-order valence-corrected chi connectivity index (χ1v) is 4.12. The lowest BCUT2D eigenvalue weighted by Gasteiger charge is -2.17. The average Bonchev–Trinajstić information content (AvgIpc) is 2.04. The van der Waals surface area contributed by atoms with Gasteiger partial charge in [-0.05, 0) is 18.6 Å². The van der Waals surface area contributed by atoms with Crippen LogP contribution in [-0.4, -0.2) is 13.1 Å². The Bertz CT molecular complexity index is 235. The molecule has 0 fully saturated rings. The molecule has 1 rings (SSSR count). The zero-order valence-corrected chi connectivity index (χ0v) is 7.60. The first-order valence-electron chi connectivity index (χ1n) is 3.58. The van der Waals surface area contributed by atoms with Crippen molar-refractivity contribution in [2.45, 2.75) is 6.92 Å². The standard InChI is InChI=1S/C9H12ClN/c1-8-5-3-4-6-9(8)11(2)7-10/h3-6H,7H2,1-2H3. The highest BCUT2D eigenvalue weighted by Gasteiger charge is 1.99. The largest absolute Gasteiger partial charge is 0.361 e. The van der Waals surface area contributed by atoms with Crippen LogP contribution in [0.4, 0.5) is 5.69 Å². The zero-order chi connectivity index (χ0) is 8.27. The van der Waals surface area contributed by atoms with Crippen LogP contribution in [0.1, 0.15) is 5.56 Å². The first-order chi connectivity index (χ1) is 5.25. The lowest BCUT2D eigenvalue weighted by atomic mass is 10.2. The van der Waals surface area contributed by atoms with E-state index in [1.165, 1.54) is 11.3 Å². The fourth-order valence-corrected chi connectivity index (χ4v) is 1.18. The van der Waals surface area contributed by atoms with Crippen LogP contribution in [0.2, 0.25) is 0 Å². The number of aryl methyl sites for hydroxylation is 1. The summed E-state index contributed by atoms with van der Waals surface area (Å²) in [6.45, 7) is 2.08. The molecule has 1 aromatic rings. The Labute approximate surface area is 72.6 Å². The number of alkyl halides is 1. The summed E-state index contributed by atoms with van der Waals surface area (Å²) >= 11 is 5.68. The molecule has 0 bridgehead atoms. The van der Waals surface area contributed by atoms with Crippen molar-refractivity contribution in [1.82, 2.24) is 0 Å². The minimum Gasteiger partial charge on any atom is -0.361 e. The van der Waals surface area contributed by atoms with Gasteiger partial charge in [0.15, 0.2) is 0 Å². The maximum absolute atomic E-state index is 5.68. The van der Waals surface area contributed by atoms with E-state index in [0.717, 1.165) is 0 Å². The number of anilines is 1. The van der Waals surface area contributed by atoms with Crippen molar-refractivity contribution in [3.8, 4) is 0 Å². The molecule has 0 unspecified atom stereocenters. The Hall–Kier alpha value is -0.690. The topological polar surface area (TPSA) is 3.24 Å². The van der Waals surface area contributed by atoms with Gasteiger partial charge in [0, 0.05) is 12.7 Å². The third-order valence-corrected chi connectivity index (χ3v) is 2.06. The number of hydrogen-bond acceptors (Lipinski definition) is 1. The molecule has 2 heteroatoms. The van der Waals surface area contributed by atoms with Gasteiger partial charge in [0.1, 0.15) is 0 Å². The van der Waals surface area contributed by atoms with E-state index in [-0.39, 0.29) is 0 Å². The van der Waals surface area contributed by atoms with Crippen molar-refractivity contribution in [2.24, 2.45) is 0 Å². The summed E-state index contributed by atoms with van der Waals surface area (Å²) in [5, 5.41) is 0. The molecule has 0 aliphatic rings. The second-order valence-electron chi connectivity index (χ2n) is 2.60. The highest BCUT2D eigenvalue weighted by Crippen LogP contribution is 2.17. The molecule has 0 atom stereocenters. The van der Waals surface area contributed by atoms with Crippen LogP contribution in [0.25, 0.3) is 0 Å². The highest BCUT2D eigenvalue weighted by atomic mass is 35.5. The minimum absolute atomic E-state index is 0.533. The van der Waals surface area contributed by atoms with E-state index >= 15 is 0 Å². The fraction of sp³-hybridized carbons (Fsp3) is 0.333. The molecule has 60 valence electrons. The van der Waals surface area contributed by atoms with Crippen LogP contribution < -0.4 is 4.90 Å². The summed E-state index contributed by atoms with van der Waals surface area (Å²) < 4.78 is 0. The number of nitrogens with zero attached hydrogens (tertiary/aromatic N) is 1. The molecule has 0 radical (unpaired) electrons. The van der Waals surface area contributed by atoms with Crippen LogP contribution >= 0.6 is 11.6 Å². The molecule has 0 amide bonds. The second kappa shape index (κ2) is 3.63. The van der Waals surface area contributed by atoms with Crippen LogP contribution in [0, 0.1) is 6.92 Å². The molecule has 0 aliphatic heterocycles. The molecule has 1 aromatic carbocycles. The van der Waals surface area contributed by atoms with Gasteiger partial charge < -0.3 is 4.90 Å². The van der Waals surface area contributed by atoms with Gasteiger partial charge >= 0.3 is 0 Å². The number of halogens is 1. The third kappa shape index (κ3) is 1.87. The SMILES string of the molecule is Cc1ccccc1N(C)CCl. The Morgan fingerprint density at radius 1 is 1.36 bits per heavy atom. The summed E-state index contributed by atoms with van der Waals surface area (Å²) in [5.41, 5.74) is 2.46. The second-order valence-corrected chi connectivity index (χ2v) is 2.84. The van der Waals surface area contributed by atoms with Gasteiger partial charge in [-0.2, -0.15) is 0 Å². The van der Waals surface area contributed by atoms with Gasteiger partial charge in [-0.1, -0.05) is 18.2 Å². The van der Waals surface area contributed by atoms with Gasteiger partial charge in [-0.3, -0.25) is 0 Å². The van der Waals surface area contributed by atoms with Crippen molar-refractivity contribution >= 4 is 17.3 Å². The Morgan fingerprint density at radius 2 is 2.00 bits per heavy atom. The quantitative estimate of drug-likeness (QED) is 0.486. The Balaban J connectivity index is 2.93. The summed E-state index contributed by atoms with van der Waals surface area (Å²) in [6, 6.07) is 8.73. The van der Waals surface area contributed by atoms with Gasteiger partial charge in [0.25, 0.3) is 0 Å². The summed E-state index contributed by atoms with van der Waals surface area (Å²) in [6.07, 6.45) is 0. The van der Waals surface area contributed by atoms with E-state index in [1.54, 1.807) is 0 Å². The van der Waals surface area contributed by atoms with Crippen molar-refractivity contribution in [3.05, 3.63) is 29.8 Å². The first kappa shape index (κ1) is 8.41. The normalized spacial score (nSPS) is 9.73. The lowest BCUT2D eigenvalue weighted by Crippen LogP contribution is -2.14. The molecule has 11 heavy (non-hydrogen) atoms. The zero-order valence-electron chi connectivity index (χ0n) is 6.84. The average molecular weight is 170 g/mol. The van der Waals surface area contributed by atoms with E-state index < -0.39 is 0 Å². The number of rotatable bonds is 2. The molecular weight excluding hydrogens is 158 g/mol. The van der Waals surface area contributed by atoms with Crippen LogP contribution in [0.3, 0.4) is 0 Å². The molecule has 0 N–H and O–H groups in total. The maximum atomic E-state index is 5.68. The maximum Gasteiger partial charge on any atom is 0.0925 e. The van der Waals surface area contributed by atoms with Crippen molar-refractivity contribution in [3.63, 3.8) is 0 Å². The fourth-order valence-electron chi connectivity index (χ4n) is 1.06. The summed E-state index contributed by atoms with van der Waals surface area (Å²) in [4.78, 5) is 2.01. The van der Waals surface area contributed by atoms with Gasteiger partial charge in [-0.25, -0.2) is 0 Å². The number of hydrogen-bond donors (Lipinski definition) is 0. The Kier molecular flexibility index (Phi) is 2.77. The van der Waals surface area contributed by atoms with E-state index in [0.29, 0.717) is 6.00 Å². The molecule has 0 heterocycles. The predicted octanol–water partition coefficient (Wildman–Crippen LogP) is 2.63. The molecule has 0 saturated carbocycles. The van der Waals surface area contributed by atoms with Gasteiger partial charge in [-0.15, -0.1) is 11.6 Å². The van der Waals surface area contributed by atoms with Gasteiger partial charge in [0.2, 0.25) is 0 Å². The predicted molar refractivity (Wildman–Crippen MR) is 50.3 cm³/mol. The third-order valence-electron chi connectivity index (χ3n) is 1.71. The van der Waals surface area contributed by atoms with Crippen molar-refractivity contribution < 1.29 is 0 Å². The van der Waals surface area contributed by atoms with E-state index in [4.69, 9.17) is 11.6 Å². The van der Waals surface area contributed by atoms with E-state index in [9.17, 15) is 0 Å². The highest BCUT2D eigenvalue weighted by molar-refractivity contribution is 6.19. The van der Waals surface area contributed by atoms with E-state index in [1.807, 2.05) is 24.1 Å². The minimum atomic E-state index is 0.533.